The van der Waals surface area contributed by atoms with Gasteiger partial charge in [-0.2, -0.15) is 12.6 Å². The van der Waals surface area contributed by atoms with Crippen LogP contribution in [-0.4, -0.2) is 252 Å². The Morgan fingerprint density at radius 1 is 0.347 bits per heavy atom. The molecule has 0 spiro atoms. The van der Waals surface area contributed by atoms with E-state index in [1.54, 1.807) is 58.0 Å². The van der Waals surface area contributed by atoms with E-state index in [0.29, 0.717) is 56.2 Å². The molecule has 694 valence electrons. The SMILES string of the molecule is CC(C)C[C@H](NC(=O)[C@H](CCCCN)NC(=O)[C@H](C)NC(=O)[C@H](Cc1ccccc1)NC(=O)[C@H](C)NC(=O)[C@@H](N)CCCCN)C(=O)N[C@@H](C)C(=O)N[C@@H](C)C(=O)N[C@@H](CCCN=C(N)N)C(=O)N[C@@H](CC(C)C)C(=O)N[C@@H](Cc1ccc(O)cc1)C(=O)N[C@@H](CCCN=C(N)N)C(=O)N[C@@H](CCCCN)C(=O)N[C@@H](C)C(=O)NCC(=O)N[C@@H](CS)C(=O)O. The van der Waals surface area contributed by atoms with Crippen molar-refractivity contribution in [2.24, 2.45) is 67.7 Å². The number of nitrogens with one attached hydrogen (secondary N) is 15. The Balaban J connectivity index is 2.46. The molecule has 2 aromatic rings. The van der Waals surface area contributed by atoms with Crippen LogP contribution in [0.2, 0.25) is 0 Å². The van der Waals surface area contributed by atoms with Crippen LogP contribution in [-0.2, 0) is 89.6 Å². The Hall–Kier alpha value is -11.5. The number of carbonyl (C=O) groups is 16. The number of aromatic hydroxyl groups is 1. The summed E-state index contributed by atoms with van der Waals surface area (Å²) in [7, 11) is 0. The molecule has 15 amide bonds. The number of hydrogen-bond donors (Lipinski definition) is 26. The van der Waals surface area contributed by atoms with Crippen molar-refractivity contribution in [1.29, 1.82) is 0 Å². The summed E-state index contributed by atoms with van der Waals surface area (Å²) in [6.07, 6.45) is 2.41. The van der Waals surface area contributed by atoms with E-state index >= 15 is 0 Å². The minimum absolute atomic E-state index is 0.0212. The molecule has 0 heterocycles. The lowest BCUT2D eigenvalue weighted by atomic mass is 9.99. The number of nitrogens with zero attached hydrogens (tertiary/aromatic N) is 2. The third-order valence-corrected chi connectivity index (χ3v) is 19.6. The van der Waals surface area contributed by atoms with E-state index in [1.807, 2.05) is 0 Å². The van der Waals surface area contributed by atoms with Crippen molar-refractivity contribution in [1.82, 2.24) is 79.8 Å². The summed E-state index contributed by atoms with van der Waals surface area (Å²) < 4.78 is 0. The molecule has 0 aromatic heterocycles. The number of unbranched alkanes of at least 4 members (excludes halogenated alkanes) is 3. The third kappa shape index (κ3) is 43.5. The maximum atomic E-state index is 14.9. The summed E-state index contributed by atoms with van der Waals surface area (Å²) >= 11 is 3.90. The van der Waals surface area contributed by atoms with Gasteiger partial charge in [0.15, 0.2) is 11.9 Å². The van der Waals surface area contributed by atoms with Crippen molar-refractivity contribution in [3.63, 3.8) is 0 Å². The van der Waals surface area contributed by atoms with Gasteiger partial charge in [-0.25, -0.2) is 4.79 Å². The van der Waals surface area contributed by atoms with Gasteiger partial charge in [0, 0.05) is 31.7 Å². The van der Waals surface area contributed by atoms with Gasteiger partial charge in [0.2, 0.25) is 88.6 Å². The van der Waals surface area contributed by atoms with Crippen LogP contribution in [0.15, 0.2) is 64.6 Å². The average molecular weight is 1770 g/mol. The van der Waals surface area contributed by atoms with E-state index in [9.17, 15) is 86.9 Å². The van der Waals surface area contributed by atoms with Crippen LogP contribution in [0.25, 0.3) is 0 Å². The zero-order valence-corrected chi connectivity index (χ0v) is 73.3. The number of aliphatic carboxylic acids is 1. The molecule has 124 heavy (non-hydrogen) atoms. The zero-order valence-electron chi connectivity index (χ0n) is 72.4. The molecule has 0 bridgehead atoms. The fourth-order valence-electron chi connectivity index (χ4n) is 12.2. The number of benzene rings is 2. The lowest BCUT2D eigenvalue weighted by molar-refractivity contribution is -0.141. The smallest absolute Gasteiger partial charge is 0.327 e. The second kappa shape index (κ2) is 58.5. The van der Waals surface area contributed by atoms with Crippen molar-refractivity contribution < 1.29 is 86.9 Å². The second-order valence-electron chi connectivity index (χ2n) is 31.2. The number of nitrogens with two attached hydrogens (primary N) is 8. The molecule has 44 heteroatoms. The predicted octanol–water partition coefficient (Wildman–Crippen LogP) is -5.89. The third-order valence-electron chi connectivity index (χ3n) is 19.2. The van der Waals surface area contributed by atoms with Gasteiger partial charge in [-0.05, 0) is 179 Å². The topological polar surface area (TPSA) is 727 Å². The first-order valence-electron chi connectivity index (χ1n) is 41.7. The Morgan fingerprint density at radius 3 is 1.03 bits per heavy atom. The van der Waals surface area contributed by atoms with E-state index in [4.69, 9.17) is 45.9 Å². The highest BCUT2D eigenvalue weighted by molar-refractivity contribution is 7.80. The minimum atomic E-state index is -1.57. The van der Waals surface area contributed by atoms with Crippen molar-refractivity contribution >= 4 is 119 Å². The Bertz CT molecular complexity index is 3860. The maximum absolute atomic E-state index is 14.9. The lowest BCUT2D eigenvalue weighted by Gasteiger charge is -2.28. The first-order chi connectivity index (χ1) is 58.5. The van der Waals surface area contributed by atoms with E-state index in [1.165, 1.54) is 58.9 Å². The first kappa shape index (κ1) is 109. The number of phenols is 1. The summed E-state index contributed by atoms with van der Waals surface area (Å²) in [5.74, 6) is -15.5. The largest absolute Gasteiger partial charge is 0.508 e. The quantitative estimate of drug-likeness (QED) is 0.0127. The van der Waals surface area contributed by atoms with Crippen LogP contribution in [0.4, 0.5) is 0 Å². The van der Waals surface area contributed by atoms with Crippen LogP contribution in [0.1, 0.15) is 170 Å². The molecule has 0 saturated carbocycles. The normalized spacial score (nSPS) is 14.7. The fourth-order valence-corrected chi connectivity index (χ4v) is 12.4. The van der Waals surface area contributed by atoms with Crippen LogP contribution >= 0.6 is 12.6 Å². The van der Waals surface area contributed by atoms with Crippen molar-refractivity contribution in [2.45, 2.75) is 262 Å². The molecule has 0 fully saturated rings. The van der Waals surface area contributed by atoms with Crippen LogP contribution < -0.4 is 126 Å². The number of carboxylic acid groups (broad SMARTS) is 1. The first-order valence-corrected chi connectivity index (χ1v) is 42.3. The molecule has 33 N–H and O–H groups in total. The molecule has 0 aliphatic rings. The van der Waals surface area contributed by atoms with Gasteiger partial charge in [0.25, 0.3) is 0 Å². The fraction of sp³-hybridized carbons (Fsp3) is 0.625. The standard InChI is InChI=1S/C80H135N25O18S/c1-43(2)37-58(103-72(116)55(25-15-18-34-83)98-67(111)49(9)96-75(119)60(39-50-21-11-10-12-22-50)102-68(112)48(8)93-69(113)53(84)23-13-16-32-81)74(118)95-46(6)65(109)92-47(7)66(110)99-56(26-19-35-89-79(85)86)73(117)104-59(38-44(3)4)76(120)105-61(40-51-28-30-52(106)31-29-51)77(121)101-57(27-20-36-90-80(87)88)71(115)100-54(24-14-17-33-82)70(114)94-45(5)64(108)91-41-63(107)97-62(42-124)78(122)123/h10-12,21-22,28-31,43-49,53-62,106,124H,13-20,23-27,32-42,81-84H2,1-9H3,(H,91,108)(H,92,109)(H,93,113)(H,94,114)(H,95,118)(H,96,119)(H,97,107)(H,98,111)(H,99,110)(H,100,115)(H,101,121)(H,102,112)(H,103,116)(H,104,117)(H,105,120)(H,122,123)(H4,85,86,89)(H4,87,88,90)/t45-,46-,47-,48-,49-,53-,54-,55-,56-,57-,58-,59-,60-,61-,62-/m0/s1. The number of aliphatic imine (C=N–C) groups is 2. The second-order valence-corrected chi connectivity index (χ2v) is 31.5. The molecule has 0 aliphatic carbocycles. The molecule has 0 radical (unpaired) electrons. The number of carboxylic acids is 1. The number of amides is 15. The van der Waals surface area contributed by atoms with Crippen LogP contribution in [0, 0.1) is 11.8 Å². The zero-order chi connectivity index (χ0) is 93.3. The van der Waals surface area contributed by atoms with Gasteiger partial charge in [0.05, 0.1) is 12.6 Å². The van der Waals surface area contributed by atoms with Gasteiger partial charge in [-0.1, -0.05) is 76.6 Å². The maximum Gasteiger partial charge on any atom is 0.327 e. The van der Waals surface area contributed by atoms with Crippen LogP contribution in [0.5, 0.6) is 5.75 Å². The molecule has 43 nitrogen and oxygen atoms in total. The van der Waals surface area contributed by atoms with Crippen molar-refractivity contribution in [3.05, 3.63) is 65.7 Å². The molecule has 2 aromatic carbocycles. The van der Waals surface area contributed by atoms with Crippen LogP contribution in [0.3, 0.4) is 0 Å². The highest BCUT2D eigenvalue weighted by Crippen LogP contribution is 2.17. The summed E-state index contributed by atoms with van der Waals surface area (Å²) in [4.78, 5) is 229. The van der Waals surface area contributed by atoms with Gasteiger partial charge in [0.1, 0.15) is 90.3 Å². The number of rotatable bonds is 60. The summed E-state index contributed by atoms with van der Waals surface area (Å²) in [5, 5.41) is 58.1. The predicted molar refractivity (Wildman–Crippen MR) is 467 cm³/mol. The van der Waals surface area contributed by atoms with Crippen molar-refractivity contribution in [2.75, 3.05) is 45.0 Å². The Morgan fingerprint density at radius 2 is 0.645 bits per heavy atom. The number of thiol groups is 1. The van der Waals surface area contributed by atoms with Crippen molar-refractivity contribution in [3.8, 4) is 5.75 Å². The van der Waals surface area contributed by atoms with E-state index in [2.05, 4.69) is 102 Å². The molecular formula is C80H135N25O18S. The van der Waals surface area contributed by atoms with Gasteiger partial charge in [-0.15, -0.1) is 0 Å². The lowest BCUT2D eigenvalue weighted by Crippen LogP contribution is -2.60. The molecule has 15 atom stereocenters. The van der Waals surface area contributed by atoms with E-state index < -0.39 is 192 Å². The summed E-state index contributed by atoms with van der Waals surface area (Å²) in [6.45, 7) is 13.8. The highest BCUT2D eigenvalue weighted by Gasteiger charge is 2.37. The highest BCUT2D eigenvalue weighted by atomic mass is 32.1. The average Bonchev–Trinajstić information content (AvgIpc) is 0.850. The van der Waals surface area contributed by atoms with Gasteiger partial charge in [-0.3, -0.25) is 81.9 Å². The number of hydrogen-bond acceptors (Lipinski definition) is 24. The molecule has 0 saturated heterocycles. The molecule has 0 aliphatic heterocycles. The summed E-state index contributed by atoms with van der Waals surface area (Å²) in [6, 6.07) is -5.81. The monoisotopic (exact) mass is 1770 g/mol. The minimum Gasteiger partial charge on any atom is -0.508 e. The Kier molecular flexibility index (Phi) is 51.2. The van der Waals surface area contributed by atoms with Gasteiger partial charge < -0.3 is 136 Å². The van der Waals surface area contributed by atoms with E-state index in [0.717, 1.165) is 0 Å². The molecule has 2 rings (SSSR count). The number of guanidine groups is 2. The Labute approximate surface area is 728 Å². The van der Waals surface area contributed by atoms with E-state index in [-0.39, 0.29) is 132 Å². The van der Waals surface area contributed by atoms with Gasteiger partial charge >= 0.3 is 5.97 Å². The molecule has 0 unspecified atom stereocenters. The number of carbonyl (C=O) groups excluding carboxylic acids is 15. The molecular weight excluding hydrogens is 1630 g/mol. The summed E-state index contributed by atoms with van der Waals surface area (Å²) in [5.41, 5.74) is 46.6. The number of phenolic OH excluding ortho intramolecular Hbond substituents is 1.